The van der Waals surface area contributed by atoms with Crippen LogP contribution in [0, 0.1) is 11.8 Å². The number of hydrogen-bond acceptors (Lipinski definition) is 0. The monoisotopic (exact) mass is 704 g/mol. The fourth-order valence-electron chi connectivity index (χ4n) is 10.5. The second-order valence-corrected chi connectivity index (χ2v) is 16.7. The third-order valence-electron chi connectivity index (χ3n) is 14.2. The largest absolute Gasteiger partial charge is 0.139 e. The first-order valence-corrected chi connectivity index (χ1v) is 20.3. The molecule has 256 valence electrons. The van der Waals surface area contributed by atoms with Crippen LogP contribution >= 0.6 is 0 Å². The van der Waals surface area contributed by atoms with Crippen molar-refractivity contribution in [2.45, 2.75) is 0 Å². The summed E-state index contributed by atoms with van der Waals surface area (Å²) in [6, 6.07) is 50.4. The molecule has 0 aliphatic heterocycles. The van der Waals surface area contributed by atoms with Crippen molar-refractivity contribution in [3.8, 4) is 11.1 Å². The van der Waals surface area contributed by atoms with Gasteiger partial charge in [0.1, 0.15) is 62.8 Å². The van der Waals surface area contributed by atoms with E-state index in [1.54, 1.807) is 0 Å². The van der Waals surface area contributed by atoms with E-state index in [4.69, 9.17) is 0 Å². The third kappa shape index (κ3) is 5.11. The molecule has 2 unspecified atom stereocenters. The van der Waals surface area contributed by atoms with Crippen LogP contribution in [0.2, 0.25) is 0 Å². The first kappa shape index (κ1) is 35.0. The average molecular weight is 703 g/mol. The van der Waals surface area contributed by atoms with E-state index in [0.29, 0.717) is 0 Å². The highest BCUT2D eigenvalue weighted by molar-refractivity contribution is 6.62. The molecule has 8 heteroatoms. The van der Waals surface area contributed by atoms with Crippen LogP contribution in [0.3, 0.4) is 0 Å². The van der Waals surface area contributed by atoms with Gasteiger partial charge in [-0.2, -0.15) is 0 Å². The van der Waals surface area contributed by atoms with E-state index in [0.717, 1.165) is 0 Å². The molecule has 0 saturated heterocycles. The minimum absolute atomic E-state index is 0.198. The van der Waals surface area contributed by atoms with E-state index in [9.17, 15) is 0 Å². The van der Waals surface area contributed by atoms with E-state index < -0.39 is 0 Å². The van der Waals surface area contributed by atoms with Gasteiger partial charge in [0.15, 0.2) is 0 Å². The average Bonchev–Trinajstić information content (AvgIpc) is 3.24. The van der Waals surface area contributed by atoms with Crippen LogP contribution in [0.4, 0.5) is 0 Å². The van der Waals surface area contributed by atoms with Crippen molar-refractivity contribution >= 4 is 139 Å². The Balaban J connectivity index is 1.35. The van der Waals surface area contributed by atoms with Gasteiger partial charge in [-0.15, -0.1) is 32.8 Å². The maximum atomic E-state index is 2.48. The van der Waals surface area contributed by atoms with Crippen molar-refractivity contribution in [2.24, 2.45) is 11.8 Å². The minimum atomic E-state index is 0.198. The van der Waals surface area contributed by atoms with Crippen molar-refractivity contribution in [2.75, 3.05) is 0 Å². The van der Waals surface area contributed by atoms with Gasteiger partial charge in [-0.05, 0) is 111 Å². The lowest BCUT2D eigenvalue weighted by molar-refractivity contribution is 0.661. The van der Waals surface area contributed by atoms with E-state index in [-0.39, 0.29) is 11.8 Å². The van der Waals surface area contributed by atoms with Crippen molar-refractivity contribution in [3.05, 3.63) is 177 Å². The Morgan fingerprint density at radius 3 is 1.55 bits per heavy atom. The summed E-state index contributed by atoms with van der Waals surface area (Å²) in [6.07, 6.45) is 0. The quantitative estimate of drug-likeness (QED) is 0.134. The molecule has 2 atom stereocenters. The van der Waals surface area contributed by atoms with Crippen LogP contribution in [0.1, 0.15) is 11.1 Å². The van der Waals surface area contributed by atoms with Gasteiger partial charge >= 0.3 is 0 Å². The molecule has 0 bridgehead atoms. The lowest BCUT2D eigenvalue weighted by Crippen LogP contribution is -2.67. The number of hydrogen-bond donors (Lipinski definition) is 0. The van der Waals surface area contributed by atoms with Crippen LogP contribution in [0.5, 0.6) is 0 Å². The van der Waals surface area contributed by atoms with E-state index in [1.165, 1.54) is 131 Å². The molecule has 2 aliphatic rings. The Bertz CT molecular complexity index is 3250. The Morgan fingerprint density at radius 2 is 0.857 bits per heavy atom. The normalized spacial score (nSPS) is 16.9. The molecular weight excluding hydrogens is 663 g/mol. The molecule has 0 N–H and O–H groups in total. The molecule has 8 aromatic rings. The highest BCUT2D eigenvalue weighted by Gasteiger charge is 2.40. The first-order chi connectivity index (χ1) is 27.1. The molecule has 0 saturated carbocycles. The van der Waals surface area contributed by atoms with Crippen LogP contribution < -0.4 is 32.3 Å². The molecule has 10 rings (SSSR count). The fourth-order valence-corrected chi connectivity index (χ4v) is 10.5. The molecule has 0 heterocycles. The van der Waals surface area contributed by atoms with Gasteiger partial charge in [-0.3, -0.25) is 0 Å². The highest BCUT2D eigenvalue weighted by Crippen LogP contribution is 2.49. The fraction of sp³-hybridized carbons (Fsp3) is 0.0417. The van der Waals surface area contributed by atoms with Gasteiger partial charge in [0.2, 0.25) is 0 Å². The molecule has 0 fully saturated rings. The van der Waals surface area contributed by atoms with Crippen molar-refractivity contribution < 1.29 is 0 Å². The van der Waals surface area contributed by atoms with E-state index >= 15 is 0 Å². The topological polar surface area (TPSA) is 0 Å². The molecule has 0 amide bonds. The van der Waals surface area contributed by atoms with Crippen molar-refractivity contribution in [1.82, 2.24) is 0 Å². The lowest BCUT2D eigenvalue weighted by atomic mass is 9.48. The lowest BCUT2D eigenvalue weighted by Gasteiger charge is -2.43. The van der Waals surface area contributed by atoms with Gasteiger partial charge in [-0.1, -0.05) is 120 Å². The van der Waals surface area contributed by atoms with Gasteiger partial charge < -0.3 is 0 Å². The molecule has 2 aliphatic carbocycles. The number of fused-ring (bicyclic) bond motifs is 7. The third-order valence-corrected chi connectivity index (χ3v) is 14.2. The summed E-state index contributed by atoms with van der Waals surface area (Å²) in [6.45, 7) is 0. The Labute approximate surface area is 337 Å². The van der Waals surface area contributed by atoms with Crippen molar-refractivity contribution in [1.29, 1.82) is 0 Å². The molecule has 56 heavy (non-hydrogen) atoms. The summed E-state index contributed by atoms with van der Waals surface area (Å²) in [5, 5.41) is 13.3. The van der Waals surface area contributed by atoms with Crippen LogP contribution in [-0.2, 0) is 0 Å². The van der Waals surface area contributed by atoms with E-state index in [2.05, 4.69) is 196 Å². The van der Waals surface area contributed by atoms with Crippen LogP contribution in [0.15, 0.2) is 155 Å². The van der Waals surface area contributed by atoms with Gasteiger partial charge in [0, 0.05) is 11.8 Å². The smallest absolute Gasteiger partial charge is 0.109 e. The van der Waals surface area contributed by atoms with Crippen LogP contribution in [0.25, 0.3) is 65.4 Å². The first-order valence-electron chi connectivity index (χ1n) is 20.3. The Kier molecular flexibility index (Phi) is 8.16. The Morgan fingerprint density at radius 1 is 0.321 bits per heavy atom. The molecular formula is C48H40B8. The van der Waals surface area contributed by atoms with E-state index in [1.807, 2.05) is 0 Å². The summed E-state index contributed by atoms with van der Waals surface area (Å²) in [4.78, 5) is 0. The second kappa shape index (κ2) is 13.1. The number of benzene rings is 8. The van der Waals surface area contributed by atoms with Crippen LogP contribution in [-0.4, -0.2) is 62.8 Å². The minimum Gasteiger partial charge on any atom is -0.109 e. The molecule has 8 aromatic carbocycles. The standard InChI is InChI=1S/C48H40B8/c49-41-37-35(30-12-5-11-26(21-30)28-16-15-23-7-1-2-8-24(23)19-28)38-40(44(52)48(56)46(54)42(38)50)36(39(37)43(51)47(55)45(41)53)33-14-6-13-31-32(33)18-17-29-20-25-9-3-4-10-27(25)22-34(29)31/h1-22,37,39H,49-56H2. The van der Waals surface area contributed by atoms with Gasteiger partial charge in [-0.25, -0.2) is 0 Å². The predicted molar refractivity (Wildman–Crippen MR) is 267 cm³/mol. The summed E-state index contributed by atoms with van der Waals surface area (Å²) >= 11 is 0. The second-order valence-electron chi connectivity index (χ2n) is 16.7. The number of allylic oxidation sites excluding steroid dienone is 4. The summed E-state index contributed by atoms with van der Waals surface area (Å²) in [5.41, 5.74) is 19.6. The maximum absolute atomic E-state index is 2.48. The molecule has 0 nitrogen and oxygen atoms in total. The maximum Gasteiger partial charge on any atom is 0.139 e. The molecule has 0 radical (unpaired) electrons. The highest BCUT2D eigenvalue weighted by atomic mass is 14.4. The Hall–Kier alpha value is -5.46. The molecule has 0 aromatic heterocycles. The zero-order valence-electron chi connectivity index (χ0n) is 33.9. The van der Waals surface area contributed by atoms with Gasteiger partial charge in [0.05, 0.1) is 0 Å². The SMILES string of the molecule is BC1=C(B)C2C(c3cccc(-c4ccc5ccccc5c4)c3)=c3c(B)c(B)c(B)c(B)c3=C(c3cccc4c3ccc3cc5ccccc5cc34)C2C(B)=C1B. The summed E-state index contributed by atoms with van der Waals surface area (Å²) in [5.74, 6) is 0.400. The predicted octanol–water partition coefficient (Wildman–Crippen LogP) is -0.387. The van der Waals surface area contributed by atoms with Gasteiger partial charge in [0.25, 0.3) is 0 Å². The number of rotatable bonds is 3. The molecule has 0 spiro atoms. The van der Waals surface area contributed by atoms with Crippen molar-refractivity contribution in [3.63, 3.8) is 0 Å². The summed E-state index contributed by atoms with van der Waals surface area (Å²) in [7, 11) is 19.0. The summed E-state index contributed by atoms with van der Waals surface area (Å²) < 4.78 is 0. The zero-order valence-corrected chi connectivity index (χ0v) is 33.9. The zero-order chi connectivity index (χ0) is 38.6.